The van der Waals surface area contributed by atoms with Crippen LogP contribution in [0.5, 0.6) is 5.88 Å². The minimum atomic E-state index is 0.522. The number of nitrogens with two attached hydrogens (primary N) is 1. The standard InChI is InChI=1S/C14H20N6O/c1-21-13-11(5-2-6-16-13)12-17-14(19-18-12)20-7-3-4-10(8-15)9-20/h2,5-6,10H,3-4,7-9,15H2,1H3,(H,17,18,19). The third-order valence-electron chi connectivity index (χ3n) is 3.83. The average molecular weight is 288 g/mol. The number of ether oxygens (including phenoxy) is 1. The van der Waals surface area contributed by atoms with Crippen LogP contribution in [0.2, 0.25) is 0 Å². The van der Waals surface area contributed by atoms with Crippen LogP contribution in [-0.2, 0) is 0 Å². The summed E-state index contributed by atoms with van der Waals surface area (Å²) in [5.74, 6) is 2.45. The number of hydrogen-bond acceptors (Lipinski definition) is 6. The summed E-state index contributed by atoms with van der Waals surface area (Å²) in [6.45, 7) is 2.60. The molecule has 0 amide bonds. The SMILES string of the molecule is COc1ncccc1-c1nc(N2CCCC(CN)C2)n[nH]1. The molecule has 1 fully saturated rings. The Balaban J connectivity index is 1.83. The number of aromatic nitrogens is 4. The van der Waals surface area contributed by atoms with Crippen LogP contribution in [0.25, 0.3) is 11.4 Å². The number of hydrogen-bond donors (Lipinski definition) is 2. The third kappa shape index (κ3) is 2.82. The number of anilines is 1. The second kappa shape index (κ2) is 6.09. The quantitative estimate of drug-likeness (QED) is 0.873. The van der Waals surface area contributed by atoms with Crippen LogP contribution in [-0.4, -0.2) is 46.9 Å². The number of nitrogens with zero attached hydrogens (tertiary/aromatic N) is 4. The van der Waals surface area contributed by atoms with Crippen LogP contribution in [0.1, 0.15) is 12.8 Å². The van der Waals surface area contributed by atoms with Gasteiger partial charge >= 0.3 is 0 Å². The van der Waals surface area contributed by atoms with Gasteiger partial charge in [-0.25, -0.2) is 4.98 Å². The number of nitrogens with one attached hydrogen (secondary N) is 1. The molecular formula is C14H20N6O. The Morgan fingerprint density at radius 3 is 3.24 bits per heavy atom. The molecule has 3 heterocycles. The molecule has 1 unspecified atom stereocenters. The van der Waals surface area contributed by atoms with Crippen molar-refractivity contribution >= 4 is 5.95 Å². The van der Waals surface area contributed by atoms with E-state index in [2.05, 4.69) is 25.1 Å². The van der Waals surface area contributed by atoms with E-state index in [0.717, 1.165) is 25.1 Å². The lowest BCUT2D eigenvalue weighted by Crippen LogP contribution is -2.38. The minimum Gasteiger partial charge on any atom is -0.480 e. The predicted molar refractivity (Wildman–Crippen MR) is 80.2 cm³/mol. The molecule has 2 aromatic heterocycles. The Hall–Kier alpha value is -2.15. The van der Waals surface area contributed by atoms with Gasteiger partial charge in [0.1, 0.15) is 0 Å². The summed E-state index contributed by atoms with van der Waals surface area (Å²) in [6, 6.07) is 3.76. The maximum absolute atomic E-state index is 5.78. The Morgan fingerprint density at radius 2 is 2.43 bits per heavy atom. The molecule has 0 spiro atoms. The van der Waals surface area contributed by atoms with Crippen molar-refractivity contribution in [3.63, 3.8) is 0 Å². The molecule has 0 radical (unpaired) electrons. The second-order valence-corrected chi connectivity index (χ2v) is 5.23. The molecule has 21 heavy (non-hydrogen) atoms. The van der Waals surface area contributed by atoms with Crippen molar-refractivity contribution in [1.82, 2.24) is 20.2 Å². The smallest absolute Gasteiger partial charge is 0.245 e. The molecule has 0 aliphatic carbocycles. The molecule has 1 aliphatic rings. The van der Waals surface area contributed by atoms with Crippen LogP contribution in [0.3, 0.4) is 0 Å². The molecular weight excluding hydrogens is 268 g/mol. The molecule has 0 saturated carbocycles. The molecule has 2 aromatic rings. The number of H-pyrrole nitrogens is 1. The van der Waals surface area contributed by atoms with Gasteiger partial charge < -0.3 is 15.4 Å². The summed E-state index contributed by atoms with van der Waals surface area (Å²) in [5.41, 5.74) is 6.59. The summed E-state index contributed by atoms with van der Waals surface area (Å²) in [4.78, 5) is 10.9. The minimum absolute atomic E-state index is 0.522. The summed E-state index contributed by atoms with van der Waals surface area (Å²) in [7, 11) is 1.60. The van der Waals surface area contributed by atoms with Gasteiger partial charge in [-0.05, 0) is 37.4 Å². The molecule has 0 bridgehead atoms. The Kier molecular flexibility index (Phi) is 4.01. The lowest BCUT2D eigenvalue weighted by atomic mass is 9.99. The first-order valence-corrected chi connectivity index (χ1v) is 7.18. The molecule has 112 valence electrons. The van der Waals surface area contributed by atoms with Crippen LogP contribution >= 0.6 is 0 Å². The monoisotopic (exact) mass is 288 g/mol. The Morgan fingerprint density at radius 1 is 1.52 bits per heavy atom. The lowest BCUT2D eigenvalue weighted by molar-refractivity contribution is 0.399. The number of aromatic amines is 1. The normalized spacial score (nSPS) is 18.8. The van der Waals surface area contributed by atoms with E-state index in [1.54, 1.807) is 13.3 Å². The van der Waals surface area contributed by atoms with Crippen molar-refractivity contribution in [3.8, 4) is 17.3 Å². The first-order chi connectivity index (χ1) is 10.3. The van der Waals surface area contributed by atoms with Gasteiger partial charge in [0, 0.05) is 19.3 Å². The van der Waals surface area contributed by atoms with E-state index in [9.17, 15) is 0 Å². The van der Waals surface area contributed by atoms with Crippen molar-refractivity contribution < 1.29 is 4.74 Å². The van der Waals surface area contributed by atoms with E-state index in [-0.39, 0.29) is 0 Å². The zero-order valence-electron chi connectivity index (χ0n) is 12.1. The van der Waals surface area contributed by atoms with Crippen molar-refractivity contribution in [1.29, 1.82) is 0 Å². The highest BCUT2D eigenvalue weighted by atomic mass is 16.5. The van der Waals surface area contributed by atoms with Crippen molar-refractivity contribution in [2.75, 3.05) is 31.6 Å². The van der Waals surface area contributed by atoms with Gasteiger partial charge in [-0.15, -0.1) is 5.10 Å². The summed E-state index contributed by atoms with van der Waals surface area (Å²) in [6.07, 6.45) is 4.00. The first-order valence-electron chi connectivity index (χ1n) is 7.18. The van der Waals surface area contributed by atoms with Gasteiger partial charge in [0.2, 0.25) is 11.8 Å². The fourth-order valence-corrected chi connectivity index (χ4v) is 2.69. The number of methoxy groups -OCH3 is 1. The predicted octanol–water partition coefficient (Wildman–Crippen LogP) is 1.05. The zero-order valence-corrected chi connectivity index (χ0v) is 12.1. The topological polar surface area (TPSA) is 93.0 Å². The van der Waals surface area contributed by atoms with Gasteiger partial charge in [0.25, 0.3) is 0 Å². The molecule has 0 aromatic carbocycles. The highest BCUT2D eigenvalue weighted by molar-refractivity contribution is 5.62. The maximum atomic E-state index is 5.78. The number of piperidine rings is 1. The molecule has 7 heteroatoms. The van der Waals surface area contributed by atoms with Gasteiger partial charge in [0.05, 0.1) is 12.7 Å². The van der Waals surface area contributed by atoms with E-state index in [1.165, 1.54) is 6.42 Å². The first kappa shape index (κ1) is 13.8. The van der Waals surface area contributed by atoms with Gasteiger partial charge in [0.15, 0.2) is 5.82 Å². The van der Waals surface area contributed by atoms with Crippen molar-refractivity contribution in [2.24, 2.45) is 11.7 Å². The summed E-state index contributed by atoms with van der Waals surface area (Å²) in [5, 5.41) is 7.30. The number of rotatable bonds is 4. The number of pyridine rings is 1. The highest BCUT2D eigenvalue weighted by Gasteiger charge is 2.22. The van der Waals surface area contributed by atoms with Gasteiger partial charge in [-0.3, -0.25) is 5.10 Å². The summed E-state index contributed by atoms with van der Waals surface area (Å²) < 4.78 is 5.26. The second-order valence-electron chi connectivity index (χ2n) is 5.23. The largest absolute Gasteiger partial charge is 0.480 e. The Bertz CT molecular complexity index is 599. The van der Waals surface area contributed by atoms with Crippen molar-refractivity contribution in [2.45, 2.75) is 12.8 Å². The van der Waals surface area contributed by atoms with Crippen LogP contribution in [0.15, 0.2) is 18.3 Å². The lowest BCUT2D eigenvalue weighted by Gasteiger charge is -2.31. The fraction of sp³-hybridized carbons (Fsp3) is 0.500. The van der Waals surface area contributed by atoms with E-state index in [1.807, 2.05) is 12.1 Å². The molecule has 3 N–H and O–H groups in total. The van der Waals surface area contributed by atoms with Crippen molar-refractivity contribution in [3.05, 3.63) is 18.3 Å². The average Bonchev–Trinajstić information content (AvgIpc) is 3.04. The molecule has 1 aliphatic heterocycles. The summed E-state index contributed by atoms with van der Waals surface area (Å²) >= 11 is 0. The van der Waals surface area contributed by atoms with Crippen LogP contribution in [0, 0.1) is 5.92 Å². The molecule has 7 nitrogen and oxygen atoms in total. The van der Waals surface area contributed by atoms with Crippen LogP contribution in [0.4, 0.5) is 5.95 Å². The van der Waals surface area contributed by atoms with E-state index in [0.29, 0.717) is 30.1 Å². The van der Waals surface area contributed by atoms with E-state index < -0.39 is 0 Å². The fourth-order valence-electron chi connectivity index (χ4n) is 2.69. The van der Waals surface area contributed by atoms with E-state index >= 15 is 0 Å². The van der Waals surface area contributed by atoms with Gasteiger partial charge in [-0.2, -0.15) is 4.98 Å². The highest BCUT2D eigenvalue weighted by Crippen LogP contribution is 2.26. The Labute approximate surface area is 123 Å². The molecule has 3 rings (SSSR count). The van der Waals surface area contributed by atoms with E-state index in [4.69, 9.17) is 10.5 Å². The molecule has 1 saturated heterocycles. The third-order valence-corrected chi connectivity index (χ3v) is 3.83. The maximum Gasteiger partial charge on any atom is 0.245 e. The molecule has 1 atom stereocenters. The van der Waals surface area contributed by atoms with Crippen LogP contribution < -0.4 is 15.4 Å². The van der Waals surface area contributed by atoms with Gasteiger partial charge in [-0.1, -0.05) is 0 Å². The zero-order chi connectivity index (χ0) is 14.7.